The van der Waals surface area contributed by atoms with Crippen LogP contribution in [-0.2, 0) is 16.0 Å². The highest BCUT2D eigenvalue weighted by Crippen LogP contribution is 2.32. The van der Waals surface area contributed by atoms with E-state index in [1.165, 1.54) is 5.69 Å². The van der Waals surface area contributed by atoms with Crippen LogP contribution in [-0.4, -0.2) is 72.0 Å². The number of piperazine rings is 1. The number of hydrogen-bond donors (Lipinski definition) is 2. The maximum atomic E-state index is 12.3. The fourth-order valence-electron chi connectivity index (χ4n) is 6.02. The lowest BCUT2D eigenvalue weighted by molar-refractivity contribution is -0.122. The van der Waals surface area contributed by atoms with Gasteiger partial charge in [0, 0.05) is 73.9 Å². The fraction of sp³-hybridized carbons (Fsp3) is 0.586. The van der Waals surface area contributed by atoms with E-state index in [0.717, 1.165) is 81.5 Å². The first-order valence-electron chi connectivity index (χ1n) is 14.2. The minimum atomic E-state index is -0.106. The van der Waals surface area contributed by atoms with E-state index < -0.39 is 0 Å². The van der Waals surface area contributed by atoms with Crippen LogP contribution in [0.3, 0.4) is 0 Å². The first kappa shape index (κ1) is 26.4. The van der Waals surface area contributed by atoms with E-state index in [-0.39, 0.29) is 17.9 Å². The maximum Gasteiger partial charge on any atom is 0.229 e. The van der Waals surface area contributed by atoms with E-state index in [9.17, 15) is 9.59 Å². The summed E-state index contributed by atoms with van der Waals surface area (Å²) in [5, 5.41) is 6.31. The third-order valence-corrected chi connectivity index (χ3v) is 8.41. The topological polar surface area (TPSA) is 93.7 Å². The van der Waals surface area contributed by atoms with Gasteiger partial charge in [-0.2, -0.15) is 4.98 Å². The molecular formula is C29H41N7O2. The first-order valence-corrected chi connectivity index (χ1v) is 14.2. The van der Waals surface area contributed by atoms with Gasteiger partial charge in [-0.1, -0.05) is 12.8 Å². The molecule has 2 amide bonds. The van der Waals surface area contributed by atoms with Crippen LogP contribution in [0.25, 0.3) is 0 Å². The number of carbonyl (C=O) groups is 2. The van der Waals surface area contributed by atoms with E-state index in [4.69, 9.17) is 4.98 Å². The molecule has 204 valence electrons. The SMILES string of the molecule is Cc1cc(N2CCN(C(C)C)CC2)ccc1Nc1ncc(CC2CCNC2=O)c(N(C=O)C2CCCC2)n1. The van der Waals surface area contributed by atoms with Crippen LogP contribution in [0, 0.1) is 12.8 Å². The molecule has 2 aliphatic heterocycles. The number of nitrogens with zero attached hydrogens (tertiary/aromatic N) is 5. The van der Waals surface area contributed by atoms with Crippen molar-refractivity contribution in [3.63, 3.8) is 0 Å². The molecular weight excluding hydrogens is 478 g/mol. The number of hydrogen-bond acceptors (Lipinski definition) is 7. The molecule has 1 saturated carbocycles. The number of anilines is 4. The van der Waals surface area contributed by atoms with Gasteiger partial charge in [0.1, 0.15) is 5.82 Å². The Hall–Kier alpha value is -3.20. The lowest BCUT2D eigenvalue weighted by Gasteiger charge is -2.38. The minimum Gasteiger partial charge on any atom is -0.369 e. The summed E-state index contributed by atoms with van der Waals surface area (Å²) in [6, 6.07) is 7.19. The third kappa shape index (κ3) is 5.77. The van der Waals surface area contributed by atoms with Gasteiger partial charge >= 0.3 is 0 Å². The number of aromatic nitrogens is 2. The monoisotopic (exact) mass is 519 g/mol. The zero-order valence-electron chi connectivity index (χ0n) is 22.9. The second-order valence-electron chi connectivity index (χ2n) is 11.2. The molecule has 0 bridgehead atoms. The molecule has 9 heteroatoms. The van der Waals surface area contributed by atoms with Crippen molar-refractivity contribution >= 4 is 35.5 Å². The van der Waals surface area contributed by atoms with Gasteiger partial charge in [0.15, 0.2) is 0 Å². The summed E-state index contributed by atoms with van der Waals surface area (Å²) in [5.74, 6) is 1.05. The largest absolute Gasteiger partial charge is 0.369 e. The average Bonchev–Trinajstić information content (AvgIpc) is 3.59. The molecule has 5 rings (SSSR count). The lowest BCUT2D eigenvalue weighted by Crippen LogP contribution is -2.48. The van der Waals surface area contributed by atoms with Crippen LogP contribution >= 0.6 is 0 Å². The van der Waals surface area contributed by atoms with Crippen molar-refractivity contribution in [1.82, 2.24) is 20.2 Å². The standard InChI is InChI=1S/C29H41N7O2/c1-20(2)34-12-14-35(15-13-34)25-8-9-26(21(3)16-25)32-29-31-18-23(17-22-10-11-30-28(22)38)27(33-29)36(19-37)24-6-4-5-7-24/h8-9,16,18-20,22,24H,4-7,10-15,17H2,1-3H3,(H,30,38)(H,31,32,33). The van der Waals surface area contributed by atoms with Crippen molar-refractivity contribution in [2.75, 3.05) is 47.8 Å². The van der Waals surface area contributed by atoms with Crippen LogP contribution in [0.15, 0.2) is 24.4 Å². The number of carbonyl (C=O) groups excluding carboxylic acids is 2. The van der Waals surface area contributed by atoms with Crippen LogP contribution < -0.4 is 20.4 Å². The molecule has 0 spiro atoms. The Kier molecular flexibility index (Phi) is 8.12. The minimum absolute atomic E-state index is 0.0676. The van der Waals surface area contributed by atoms with Crippen LogP contribution in [0.4, 0.5) is 23.1 Å². The van der Waals surface area contributed by atoms with Gasteiger partial charge < -0.3 is 15.5 Å². The van der Waals surface area contributed by atoms with E-state index in [1.807, 2.05) is 0 Å². The van der Waals surface area contributed by atoms with Crippen molar-refractivity contribution in [2.24, 2.45) is 5.92 Å². The van der Waals surface area contributed by atoms with Gasteiger partial charge in [-0.25, -0.2) is 4.98 Å². The van der Waals surface area contributed by atoms with Gasteiger partial charge in [0.25, 0.3) is 0 Å². The number of aryl methyl sites for hydroxylation is 1. The van der Waals surface area contributed by atoms with Gasteiger partial charge in [-0.05, 0) is 70.2 Å². The molecule has 2 saturated heterocycles. The van der Waals surface area contributed by atoms with Crippen molar-refractivity contribution in [3.05, 3.63) is 35.5 Å². The van der Waals surface area contributed by atoms with Crippen molar-refractivity contribution in [3.8, 4) is 0 Å². The molecule has 9 nitrogen and oxygen atoms in total. The molecule has 0 radical (unpaired) electrons. The zero-order valence-corrected chi connectivity index (χ0v) is 22.9. The Bertz CT molecular complexity index is 1140. The summed E-state index contributed by atoms with van der Waals surface area (Å²) in [6.45, 7) is 11.5. The van der Waals surface area contributed by atoms with Gasteiger partial charge in [-0.15, -0.1) is 0 Å². The number of rotatable bonds is 9. The van der Waals surface area contributed by atoms with Gasteiger partial charge in [0.2, 0.25) is 18.3 Å². The molecule has 2 aromatic rings. The molecule has 1 aromatic heterocycles. The van der Waals surface area contributed by atoms with Crippen LogP contribution in [0.5, 0.6) is 0 Å². The van der Waals surface area contributed by atoms with Crippen LogP contribution in [0.2, 0.25) is 0 Å². The number of benzene rings is 1. The van der Waals surface area contributed by atoms with Gasteiger partial charge in [0.05, 0.1) is 0 Å². The zero-order chi connectivity index (χ0) is 26.6. The fourth-order valence-corrected chi connectivity index (χ4v) is 6.02. The first-order chi connectivity index (χ1) is 18.4. The second-order valence-corrected chi connectivity index (χ2v) is 11.2. The molecule has 3 aliphatic rings. The Morgan fingerprint density at radius 2 is 1.92 bits per heavy atom. The quantitative estimate of drug-likeness (QED) is 0.489. The predicted octanol–water partition coefficient (Wildman–Crippen LogP) is 3.64. The van der Waals surface area contributed by atoms with Crippen molar-refractivity contribution in [2.45, 2.75) is 71.4 Å². The predicted molar refractivity (Wildman–Crippen MR) is 151 cm³/mol. The summed E-state index contributed by atoms with van der Waals surface area (Å²) >= 11 is 0. The highest BCUT2D eigenvalue weighted by molar-refractivity contribution is 5.82. The van der Waals surface area contributed by atoms with Gasteiger partial charge in [-0.3, -0.25) is 19.4 Å². The molecule has 3 fully saturated rings. The molecule has 1 unspecified atom stereocenters. The second kappa shape index (κ2) is 11.7. The Labute approximate surface area is 226 Å². The molecule has 1 aliphatic carbocycles. The van der Waals surface area contributed by atoms with E-state index in [1.54, 1.807) is 11.1 Å². The lowest BCUT2D eigenvalue weighted by atomic mass is 9.99. The molecule has 2 N–H and O–H groups in total. The molecule has 3 heterocycles. The number of amides is 2. The number of nitrogens with one attached hydrogen (secondary N) is 2. The maximum absolute atomic E-state index is 12.3. The summed E-state index contributed by atoms with van der Waals surface area (Å²) in [5.41, 5.74) is 4.15. The molecule has 1 atom stereocenters. The highest BCUT2D eigenvalue weighted by Gasteiger charge is 2.30. The van der Waals surface area contributed by atoms with Crippen LogP contribution in [0.1, 0.15) is 57.1 Å². The average molecular weight is 520 g/mol. The Morgan fingerprint density at radius 3 is 2.55 bits per heavy atom. The van der Waals surface area contributed by atoms with Crippen molar-refractivity contribution in [1.29, 1.82) is 0 Å². The summed E-state index contributed by atoms with van der Waals surface area (Å²) in [6.07, 6.45) is 8.20. The third-order valence-electron chi connectivity index (χ3n) is 8.41. The summed E-state index contributed by atoms with van der Waals surface area (Å²) in [7, 11) is 0. The van der Waals surface area contributed by atoms with E-state index in [0.29, 0.717) is 30.8 Å². The highest BCUT2D eigenvalue weighted by atomic mass is 16.2. The summed E-state index contributed by atoms with van der Waals surface area (Å²) < 4.78 is 0. The normalized spacial score (nSPS) is 20.7. The Morgan fingerprint density at radius 1 is 1.16 bits per heavy atom. The summed E-state index contributed by atoms with van der Waals surface area (Å²) in [4.78, 5) is 40.7. The molecule has 1 aromatic carbocycles. The van der Waals surface area contributed by atoms with Crippen molar-refractivity contribution < 1.29 is 9.59 Å². The molecule has 38 heavy (non-hydrogen) atoms. The smallest absolute Gasteiger partial charge is 0.229 e. The Balaban J connectivity index is 1.35. The van der Waals surface area contributed by atoms with E-state index >= 15 is 0 Å². The van der Waals surface area contributed by atoms with E-state index in [2.05, 4.69) is 64.4 Å².